The highest BCUT2D eigenvalue weighted by Crippen LogP contribution is 2.27. The first-order valence-electron chi connectivity index (χ1n) is 11.2. The van der Waals surface area contributed by atoms with Crippen molar-refractivity contribution in [1.29, 1.82) is 0 Å². The lowest BCUT2D eigenvalue weighted by Crippen LogP contribution is -1.88. The topological polar surface area (TPSA) is 117 Å². The quantitative estimate of drug-likeness (QED) is 0.324. The molecule has 5 aromatic heterocycles. The molecule has 5 heterocycles. The summed E-state index contributed by atoms with van der Waals surface area (Å²) in [6.45, 7) is 0. The van der Waals surface area contributed by atoms with Crippen LogP contribution in [0, 0.1) is 0 Å². The van der Waals surface area contributed by atoms with E-state index in [9.17, 15) is 0 Å². The van der Waals surface area contributed by atoms with Gasteiger partial charge in [-0.3, -0.25) is 0 Å². The Kier molecular flexibility index (Phi) is 4.56. The highest BCUT2D eigenvalue weighted by molar-refractivity contribution is 5.81. The second kappa shape index (κ2) is 8.17. The van der Waals surface area contributed by atoms with Crippen molar-refractivity contribution in [2.24, 2.45) is 0 Å². The zero-order valence-electron chi connectivity index (χ0n) is 18.6. The van der Waals surface area contributed by atoms with E-state index in [0.717, 1.165) is 21.8 Å². The van der Waals surface area contributed by atoms with Crippen LogP contribution in [0.15, 0.2) is 99.8 Å². The first-order chi connectivity index (χ1) is 17.8. The van der Waals surface area contributed by atoms with E-state index in [1.165, 1.54) is 0 Å². The summed E-state index contributed by atoms with van der Waals surface area (Å²) in [5.41, 5.74) is 3.85. The first-order valence-corrected chi connectivity index (χ1v) is 11.2. The van der Waals surface area contributed by atoms with Crippen LogP contribution in [0.1, 0.15) is 0 Å². The number of rotatable bonds is 4. The monoisotopic (exact) mass is 469 g/mol. The van der Waals surface area contributed by atoms with Crippen molar-refractivity contribution in [1.82, 2.24) is 35.3 Å². The summed E-state index contributed by atoms with van der Waals surface area (Å²) in [6.07, 6.45) is 0. The Hall–Kier alpha value is -5.31. The molecule has 7 aromatic rings. The number of hydrogen-bond donors (Lipinski definition) is 0. The standard InChI is InChI=1S/C27H15N7O2/c1-3-8-18-16(6-1)12-14-22(28-18)26-33-31-24(35-26)20-10-5-11-21(30-20)25-32-34-27(36-25)23-15-13-17-7-2-4-9-19(17)29-23/h1-15H. The summed E-state index contributed by atoms with van der Waals surface area (Å²) in [4.78, 5) is 13.8. The van der Waals surface area contributed by atoms with Crippen LogP contribution in [0.25, 0.3) is 68.1 Å². The summed E-state index contributed by atoms with van der Waals surface area (Å²) >= 11 is 0. The smallest absolute Gasteiger partial charge is 0.266 e. The lowest BCUT2D eigenvalue weighted by atomic mass is 10.2. The third-order valence-electron chi connectivity index (χ3n) is 5.67. The first kappa shape index (κ1) is 20.1. The number of para-hydroxylation sites is 2. The van der Waals surface area contributed by atoms with Gasteiger partial charge in [0.25, 0.3) is 23.6 Å². The Bertz CT molecular complexity index is 1740. The van der Waals surface area contributed by atoms with E-state index in [0.29, 0.717) is 34.6 Å². The van der Waals surface area contributed by atoms with Gasteiger partial charge in [0.2, 0.25) is 0 Å². The summed E-state index contributed by atoms with van der Waals surface area (Å²) in [5, 5.41) is 18.7. The van der Waals surface area contributed by atoms with Crippen molar-refractivity contribution in [3.05, 3.63) is 91.0 Å². The number of fused-ring (bicyclic) bond motifs is 2. The molecule has 9 nitrogen and oxygen atoms in total. The van der Waals surface area contributed by atoms with E-state index in [1.807, 2.05) is 78.9 Å². The Labute approximate surface area is 203 Å². The van der Waals surface area contributed by atoms with Crippen LogP contribution in [-0.2, 0) is 0 Å². The number of benzene rings is 2. The summed E-state index contributed by atoms with van der Waals surface area (Å²) in [5.74, 6) is 1.14. The van der Waals surface area contributed by atoms with Crippen LogP contribution >= 0.6 is 0 Å². The molecule has 0 spiro atoms. The summed E-state index contributed by atoms with van der Waals surface area (Å²) in [7, 11) is 0. The molecule has 0 atom stereocenters. The highest BCUT2D eigenvalue weighted by atomic mass is 16.4. The lowest BCUT2D eigenvalue weighted by Gasteiger charge is -1.99. The third-order valence-corrected chi connectivity index (χ3v) is 5.67. The molecule has 2 aromatic carbocycles. The molecule has 7 rings (SSSR count). The molecule has 0 radical (unpaired) electrons. The van der Waals surface area contributed by atoms with Crippen molar-refractivity contribution >= 4 is 21.8 Å². The van der Waals surface area contributed by atoms with Crippen molar-refractivity contribution in [3.63, 3.8) is 0 Å². The van der Waals surface area contributed by atoms with Crippen molar-refractivity contribution in [2.75, 3.05) is 0 Å². The fraction of sp³-hybridized carbons (Fsp3) is 0. The molecule has 170 valence electrons. The minimum absolute atomic E-state index is 0.262. The van der Waals surface area contributed by atoms with Gasteiger partial charge in [-0.2, -0.15) is 0 Å². The van der Waals surface area contributed by atoms with Gasteiger partial charge in [0, 0.05) is 10.8 Å². The molecular formula is C27H15N7O2. The van der Waals surface area contributed by atoms with Gasteiger partial charge in [0.05, 0.1) is 11.0 Å². The molecule has 0 aliphatic carbocycles. The zero-order chi connectivity index (χ0) is 23.9. The molecule has 0 bridgehead atoms. The van der Waals surface area contributed by atoms with Crippen molar-refractivity contribution < 1.29 is 8.83 Å². The molecule has 0 aliphatic rings. The third kappa shape index (κ3) is 3.55. The average Bonchev–Trinajstić information content (AvgIpc) is 3.64. The largest absolute Gasteiger partial charge is 0.413 e. The number of nitrogens with zero attached hydrogens (tertiary/aromatic N) is 7. The summed E-state index contributed by atoms with van der Waals surface area (Å²) < 4.78 is 11.8. The van der Waals surface area contributed by atoms with Gasteiger partial charge < -0.3 is 8.83 Å². The molecular weight excluding hydrogens is 454 g/mol. The van der Waals surface area contributed by atoms with E-state index in [1.54, 1.807) is 12.1 Å². The van der Waals surface area contributed by atoms with Gasteiger partial charge in [-0.05, 0) is 36.4 Å². The minimum atomic E-state index is 0.262. The van der Waals surface area contributed by atoms with Gasteiger partial charge in [0.15, 0.2) is 0 Å². The van der Waals surface area contributed by atoms with Gasteiger partial charge in [-0.25, -0.2) is 15.0 Å². The van der Waals surface area contributed by atoms with Crippen molar-refractivity contribution in [3.8, 4) is 46.3 Å². The summed E-state index contributed by atoms with van der Waals surface area (Å²) in [6, 6.07) is 28.7. The van der Waals surface area contributed by atoms with Gasteiger partial charge >= 0.3 is 0 Å². The van der Waals surface area contributed by atoms with Crippen LogP contribution < -0.4 is 0 Å². The van der Waals surface area contributed by atoms with Crippen LogP contribution in [0.4, 0.5) is 0 Å². The maximum absolute atomic E-state index is 5.89. The predicted molar refractivity (Wildman–Crippen MR) is 132 cm³/mol. The maximum Gasteiger partial charge on any atom is 0.266 e. The second-order valence-corrected chi connectivity index (χ2v) is 8.01. The molecule has 0 fully saturated rings. The van der Waals surface area contributed by atoms with Crippen LogP contribution in [0.5, 0.6) is 0 Å². The van der Waals surface area contributed by atoms with E-state index >= 15 is 0 Å². The normalized spacial score (nSPS) is 11.3. The zero-order valence-corrected chi connectivity index (χ0v) is 18.6. The number of pyridine rings is 3. The highest BCUT2D eigenvalue weighted by Gasteiger charge is 2.17. The van der Waals surface area contributed by atoms with Gasteiger partial charge in [0.1, 0.15) is 22.8 Å². The minimum Gasteiger partial charge on any atom is -0.413 e. The van der Waals surface area contributed by atoms with E-state index in [2.05, 4.69) is 35.3 Å². The molecule has 0 N–H and O–H groups in total. The Balaban J connectivity index is 1.19. The molecule has 36 heavy (non-hydrogen) atoms. The molecule has 0 aliphatic heterocycles. The van der Waals surface area contributed by atoms with Crippen molar-refractivity contribution in [2.45, 2.75) is 0 Å². The van der Waals surface area contributed by atoms with Gasteiger partial charge in [-0.1, -0.05) is 54.6 Å². The molecule has 0 saturated carbocycles. The van der Waals surface area contributed by atoms with Crippen LogP contribution in [0.2, 0.25) is 0 Å². The predicted octanol–water partition coefficient (Wildman–Crippen LogP) is 5.61. The Morgan fingerprint density at radius 3 is 1.25 bits per heavy atom. The SMILES string of the molecule is c1cc(-c2nnc(-c3ccc4ccccc4n3)o2)nc(-c2nnc(-c3ccc4ccccc4n3)o2)c1. The lowest BCUT2D eigenvalue weighted by molar-refractivity contribution is 0.575. The number of aromatic nitrogens is 7. The van der Waals surface area contributed by atoms with E-state index in [-0.39, 0.29) is 11.8 Å². The maximum atomic E-state index is 5.89. The number of hydrogen-bond acceptors (Lipinski definition) is 9. The fourth-order valence-electron chi connectivity index (χ4n) is 3.90. The van der Waals surface area contributed by atoms with E-state index in [4.69, 9.17) is 8.83 Å². The second-order valence-electron chi connectivity index (χ2n) is 8.01. The molecule has 0 unspecified atom stereocenters. The Morgan fingerprint density at radius 1 is 0.361 bits per heavy atom. The van der Waals surface area contributed by atoms with Crippen LogP contribution in [0.3, 0.4) is 0 Å². The molecule has 0 saturated heterocycles. The van der Waals surface area contributed by atoms with E-state index < -0.39 is 0 Å². The fourth-order valence-corrected chi connectivity index (χ4v) is 3.90. The van der Waals surface area contributed by atoms with Crippen LogP contribution in [-0.4, -0.2) is 35.3 Å². The van der Waals surface area contributed by atoms with Gasteiger partial charge in [-0.15, -0.1) is 20.4 Å². The Morgan fingerprint density at radius 2 is 0.778 bits per heavy atom. The average molecular weight is 469 g/mol. The molecule has 0 amide bonds. The molecule has 9 heteroatoms.